The maximum Gasteiger partial charge on any atom is 0.337 e. The smallest absolute Gasteiger partial charge is 0.337 e. The van der Waals surface area contributed by atoms with Gasteiger partial charge in [-0.1, -0.05) is 30.3 Å². The highest BCUT2D eigenvalue weighted by Crippen LogP contribution is 2.15. The van der Waals surface area contributed by atoms with Crippen LogP contribution >= 0.6 is 0 Å². The Bertz CT molecular complexity index is 1080. The number of aromatic nitrogens is 1. The molecule has 0 aliphatic rings. The summed E-state index contributed by atoms with van der Waals surface area (Å²) in [5.41, 5.74) is 2.50. The van der Waals surface area contributed by atoms with Crippen molar-refractivity contribution in [1.29, 1.82) is 0 Å². The molecule has 0 saturated carbocycles. The summed E-state index contributed by atoms with van der Waals surface area (Å²) in [6, 6.07) is 18.3. The van der Waals surface area contributed by atoms with Gasteiger partial charge in [0.1, 0.15) is 11.4 Å². The molecule has 0 aliphatic heterocycles. The summed E-state index contributed by atoms with van der Waals surface area (Å²) in [4.78, 5) is 40.8. The van der Waals surface area contributed by atoms with Crippen molar-refractivity contribution in [2.45, 2.75) is 6.92 Å². The minimum Gasteiger partial charge on any atom is -0.465 e. The number of nitrogens with one attached hydrogen (secondary N) is 2. The SMILES string of the molecule is COC(=O)c1cccc(NC(=O)c2cccc(C(=O)Nc3ccccc3C)n2)c1. The molecule has 1 heterocycles. The van der Waals surface area contributed by atoms with Gasteiger partial charge in [-0.25, -0.2) is 9.78 Å². The van der Waals surface area contributed by atoms with Gasteiger partial charge in [-0.2, -0.15) is 0 Å². The summed E-state index contributed by atoms with van der Waals surface area (Å²) in [7, 11) is 1.28. The standard InChI is InChI=1S/C22H19N3O4/c1-14-7-3-4-10-17(14)25-21(27)19-12-6-11-18(24-19)20(26)23-16-9-5-8-15(13-16)22(28)29-2/h3-13H,1-2H3,(H,23,26)(H,25,27). The third kappa shape index (κ3) is 4.84. The van der Waals surface area contributed by atoms with Gasteiger partial charge in [0.15, 0.2) is 0 Å². The lowest BCUT2D eigenvalue weighted by molar-refractivity contribution is 0.0600. The molecule has 0 aliphatic carbocycles. The number of para-hydroxylation sites is 1. The summed E-state index contributed by atoms with van der Waals surface area (Å²) in [6.45, 7) is 1.88. The van der Waals surface area contributed by atoms with Crippen molar-refractivity contribution in [3.05, 3.63) is 89.2 Å². The third-order valence-corrected chi connectivity index (χ3v) is 4.15. The number of aryl methyl sites for hydroxylation is 1. The lowest BCUT2D eigenvalue weighted by Gasteiger charge is -2.09. The van der Waals surface area contributed by atoms with Gasteiger partial charge >= 0.3 is 5.97 Å². The topological polar surface area (TPSA) is 97.4 Å². The molecule has 2 N–H and O–H groups in total. The Balaban J connectivity index is 1.75. The fraction of sp³-hybridized carbons (Fsp3) is 0.0909. The number of hydrogen-bond acceptors (Lipinski definition) is 5. The Morgan fingerprint density at radius 2 is 1.48 bits per heavy atom. The van der Waals surface area contributed by atoms with Crippen LogP contribution in [0.1, 0.15) is 36.9 Å². The molecule has 146 valence electrons. The van der Waals surface area contributed by atoms with Gasteiger partial charge in [-0.15, -0.1) is 0 Å². The number of methoxy groups -OCH3 is 1. The molecule has 0 bridgehead atoms. The number of ether oxygens (including phenoxy) is 1. The summed E-state index contributed by atoms with van der Waals surface area (Å²) in [6.07, 6.45) is 0. The molecule has 29 heavy (non-hydrogen) atoms. The van der Waals surface area contributed by atoms with E-state index in [1.807, 2.05) is 25.1 Å². The number of benzene rings is 2. The fourth-order valence-electron chi connectivity index (χ4n) is 2.62. The van der Waals surface area contributed by atoms with Crippen molar-refractivity contribution >= 4 is 29.2 Å². The molecule has 0 unspecified atom stereocenters. The summed E-state index contributed by atoms with van der Waals surface area (Å²) in [5, 5.41) is 5.45. The van der Waals surface area contributed by atoms with Crippen LogP contribution in [0.4, 0.5) is 11.4 Å². The van der Waals surface area contributed by atoms with Crippen LogP contribution in [0.25, 0.3) is 0 Å². The van der Waals surface area contributed by atoms with Crippen LogP contribution in [0.2, 0.25) is 0 Å². The van der Waals surface area contributed by atoms with Crippen LogP contribution in [0.3, 0.4) is 0 Å². The molecule has 0 fully saturated rings. The summed E-state index contributed by atoms with van der Waals surface area (Å²) >= 11 is 0. The Hall–Kier alpha value is -4.00. The Kier molecular flexibility index (Phi) is 5.99. The molecule has 1 aromatic heterocycles. The van der Waals surface area contributed by atoms with E-state index >= 15 is 0 Å². The highest BCUT2D eigenvalue weighted by atomic mass is 16.5. The fourth-order valence-corrected chi connectivity index (χ4v) is 2.62. The van der Waals surface area contributed by atoms with E-state index in [1.165, 1.54) is 25.3 Å². The maximum atomic E-state index is 12.5. The second kappa shape index (κ2) is 8.79. The molecule has 2 aromatic carbocycles. The number of amides is 2. The first-order valence-corrected chi connectivity index (χ1v) is 8.81. The number of hydrogen-bond donors (Lipinski definition) is 2. The zero-order valence-electron chi connectivity index (χ0n) is 15.9. The van der Waals surface area contributed by atoms with E-state index in [9.17, 15) is 14.4 Å². The highest BCUT2D eigenvalue weighted by Gasteiger charge is 2.14. The van der Waals surface area contributed by atoms with Crippen LogP contribution in [0.15, 0.2) is 66.7 Å². The number of carbonyl (C=O) groups excluding carboxylic acids is 3. The van der Waals surface area contributed by atoms with Gasteiger partial charge in [-0.3, -0.25) is 9.59 Å². The second-order valence-electron chi connectivity index (χ2n) is 6.20. The Morgan fingerprint density at radius 1 is 0.828 bits per heavy atom. The zero-order valence-corrected chi connectivity index (χ0v) is 15.9. The van der Waals surface area contributed by atoms with E-state index in [0.29, 0.717) is 16.9 Å². The molecule has 2 amide bonds. The molecule has 7 nitrogen and oxygen atoms in total. The minimum atomic E-state index is -0.505. The van der Waals surface area contributed by atoms with E-state index in [1.54, 1.807) is 30.3 Å². The molecule has 7 heteroatoms. The Labute approximate surface area is 167 Å². The van der Waals surface area contributed by atoms with Gasteiger partial charge < -0.3 is 15.4 Å². The van der Waals surface area contributed by atoms with Crippen LogP contribution < -0.4 is 10.6 Å². The number of carbonyl (C=O) groups is 3. The predicted octanol–water partition coefficient (Wildman–Crippen LogP) is 3.68. The van der Waals surface area contributed by atoms with Gasteiger partial charge in [0, 0.05) is 11.4 Å². The largest absolute Gasteiger partial charge is 0.465 e. The summed E-state index contributed by atoms with van der Waals surface area (Å²) < 4.78 is 4.67. The highest BCUT2D eigenvalue weighted by molar-refractivity contribution is 6.06. The van der Waals surface area contributed by atoms with Crippen molar-refractivity contribution in [2.24, 2.45) is 0 Å². The normalized spacial score (nSPS) is 10.1. The zero-order chi connectivity index (χ0) is 20.8. The first-order chi connectivity index (χ1) is 14.0. The monoisotopic (exact) mass is 389 g/mol. The van der Waals surface area contributed by atoms with Crippen molar-refractivity contribution in [3.63, 3.8) is 0 Å². The first-order valence-electron chi connectivity index (χ1n) is 8.81. The van der Waals surface area contributed by atoms with Crippen LogP contribution in [-0.4, -0.2) is 29.9 Å². The van der Waals surface area contributed by atoms with Crippen molar-refractivity contribution in [3.8, 4) is 0 Å². The third-order valence-electron chi connectivity index (χ3n) is 4.15. The number of nitrogens with zero attached hydrogens (tertiary/aromatic N) is 1. The van der Waals surface area contributed by atoms with Gasteiger partial charge in [0.2, 0.25) is 0 Å². The van der Waals surface area contributed by atoms with E-state index < -0.39 is 17.8 Å². The lowest BCUT2D eigenvalue weighted by Crippen LogP contribution is -2.19. The molecule has 3 aromatic rings. The Morgan fingerprint density at radius 3 is 2.17 bits per heavy atom. The predicted molar refractivity (Wildman–Crippen MR) is 109 cm³/mol. The lowest BCUT2D eigenvalue weighted by atomic mass is 10.2. The average Bonchev–Trinajstić information content (AvgIpc) is 2.75. The van der Waals surface area contributed by atoms with E-state index in [4.69, 9.17) is 0 Å². The van der Waals surface area contributed by atoms with Crippen molar-refractivity contribution in [2.75, 3.05) is 17.7 Å². The average molecular weight is 389 g/mol. The number of esters is 1. The molecule has 0 atom stereocenters. The molecular weight excluding hydrogens is 370 g/mol. The first kappa shape index (κ1) is 19.8. The minimum absolute atomic E-state index is 0.0749. The summed E-state index contributed by atoms with van der Waals surface area (Å²) in [5.74, 6) is -1.42. The number of anilines is 2. The number of rotatable bonds is 5. The molecule has 0 spiro atoms. The van der Waals surface area contributed by atoms with Gasteiger partial charge in [0.25, 0.3) is 11.8 Å². The maximum absolute atomic E-state index is 12.5. The quantitative estimate of drug-likeness (QED) is 0.649. The van der Waals surface area contributed by atoms with Crippen molar-refractivity contribution < 1.29 is 19.1 Å². The number of pyridine rings is 1. The second-order valence-corrected chi connectivity index (χ2v) is 6.20. The van der Waals surface area contributed by atoms with Crippen molar-refractivity contribution in [1.82, 2.24) is 4.98 Å². The van der Waals surface area contributed by atoms with Crippen LogP contribution in [-0.2, 0) is 4.74 Å². The van der Waals surface area contributed by atoms with Gasteiger partial charge in [0.05, 0.1) is 12.7 Å². The van der Waals surface area contributed by atoms with Gasteiger partial charge in [-0.05, 0) is 48.9 Å². The van der Waals surface area contributed by atoms with E-state index in [0.717, 1.165) is 5.56 Å². The van der Waals surface area contributed by atoms with E-state index in [-0.39, 0.29) is 11.4 Å². The molecular formula is C22H19N3O4. The molecule has 3 rings (SSSR count). The van der Waals surface area contributed by atoms with Crippen LogP contribution in [0.5, 0.6) is 0 Å². The molecule has 0 radical (unpaired) electrons. The van der Waals surface area contributed by atoms with Crippen LogP contribution in [0, 0.1) is 6.92 Å². The van der Waals surface area contributed by atoms with E-state index in [2.05, 4.69) is 20.4 Å². The molecule has 0 saturated heterocycles.